The van der Waals surface area contributed by atoms with Crippen molar-refractivity contribution in [3.63, 3.8) is 0 Å². The number of aryl methyl sites for hydroxylation is 3. The number of nitrogens with zero attached hydrogens (tertiary/aromatic N) is 1. The van der Waals surface area contributed by atoms with E-state index in [-0.39, 0.29) is 17.9 Å². The van der Waals surface area contributed by atoms with Gasteiger partial charge < -0.3 is 10.3 Å². The summed E-state index contributed by atoms with van der Waals surface area (Å²) < 4.78 is 0. The number of H-pyrrole nitrogens is 1. The molecule has 2 heterocycles. The Morgan fingerprint density at radius 2 is 1.93 bits per heavy atom. The molecule has 1 aliphatic heterocycles. The number of hydrogen-bond donors (Lipinski definition) is 2. The molecule has 150 valence electrons. The zero-order valence-corrected chi connectivity index (χ0v) is 17.6. The first-order valence-corrected chi connectivity index (χ1v) is 10.1. The Morgan fingerprint density at radius 1 is 1.17 bits per heavy atom. The lowest BCUT2D eigenvalue weighted by Crippen LogP contribution is -2.39. The van der Waals surface area contributed by atoms with Gasteiger partial charge in [-0.2, -0.15) is 0 Å². The predicted octanol–water partition coefficient (Wildman–Crippen LogP) is 4.10. The Labute approximate surface area is 174 Å². The number of pyridine rings is 1. The smallest absolute Gasteiger partial charge is 0.238 e. The van der Waals surface area contributed by atoms with Crippen LogP contribution in [0.5, 0.6) is 0 Å². The summed E-state index contributed by atoms with van der Waals surface area (Å²) >= 11 is 6.13. The molecule has 1 aromatic heterocycles. The van der Waals surface area contributed by atoms with E-state index < -0.39 is 0 Å². The molecule has 0 atom stereocenters. The Kier molecular flexibility index (Phi) is 5.19. The number of rotatable bonds is 3. The molecule has 4 rings (SSSR count). The van der Waals surface area contributed by atoms with Gasteiger partial charge in [0, 0.05) is 46.9 Å². The average Bonchev–Trinajstić information content (AvgIpc) is 2.68. The van der Waals surface area contributed by atoms with Crippen LogP contribution in [0.1, 0.15) is 27.9 Å². The number of carbonyl (C=O) groups excluding carboxylic acids is 1. The lowest BCUT2D eigenvalue weighted by atomic mass is 9.99. The molecule has 0 saturated heterocycles. The Bertz CT molecular complexity index is 1180. The number of hydrogen-bond acceptors (Lipinski definition) is 3. The summed E-state index contributed by atoms with van der Waals surface area (Å²) in [4.78, 5) is 31.0. The number of anilines is 1. The second-order valence-electron chi connectivity index (χ2n) is 7.81. The van der Waals surface area contributed by atoms with Gasteiger partial charge in [-0.05, 0) is 55.7 Å². The highest BCUT2D eigenvalue weighted by molar-refractivity contribution is 6.31. The van der Waals surface area contributed by atoms with Crippen LogP contribution in [-0.2, 0) is 17.8 Å². The number of aromatic nitrogens is 1. The number of nitrogens with one attached hydrogen (secondary N) is 2. The summed E-state index contributed by atoms with van der Waals surface area (Å²) in [5.41, 5.74) is 6.66. The molecule has 1 amide bonds. The highest BCUT2D eigenvalue weighted by Gasteiger charge is 2.23. The maximum atomic E-state index is 13.1. The fourth-order valence-electron chi connectivity index (χ4n) is 3.85. The summed E-state index contributed by atoms with van der Waals surface area (Å²) in [7, 11) is 0. The van der Waals surface area contributed by atoms with Gasteiger partial charge in [0.15, 0.2) is 5.43 Å². The molecule has 5 nitrogen and oxygen atoms in total. The summed E-state index contributed by atoms with van der Waals surface area (Å²) in [5, 5.41) is 4.23. The van der Waals surface area contributed by atoms with E-state index in [1.54, 1.807) is 6.07 Å². The maximum absolute atomic E-state index is 13.1. The third kappa shape index (κ3) is 3.80. The first-order valence-electron chi connectivity index (χ1n) is 9.76. The standard InChI is InChI=1S/C23H24ClN3O2/c1-13-5-7-17-22(15(13)3)26-20-8-9-27(11-18(20)23(17)29)12-21(28)25-16-6-4-14(2)19(24)10-16/h4-7,10H,8-9,11-12H2,1-3H3,(H,25,28)(H,26,29). The summed E-state index contributed by atoms with van der Waals surface area (Å²) in [6.45, 7) is 7.43. The molecule has 0 unspecified atom stereocenters. The van der Waals surface area contributed by atoms with Gasteiger partial charge in [-0.25, -0.2) is 0 Å². The molecule has 6 heteroatoms. The van der Waals surface area contributed by atoms with Crippen molar-refractivity contribution in [2.24, 2.45) is 0 Å². The van der Waals surface area contributed by atoms with Crippen LogP contribution in [-0.4, -0.2) is 28.9 Å². The summed E-state index contributed by atoms with van der Waals surface area (Å²) in [6, 6.07) is 9.35. The minimum atomic E-state index is -0.114. The first-order chi connectivity index (χ1) is 13.8. The zero-order valence-electron chi connectivity index (χ0n) is 16.9. The predicted molar refractivity (Wildman–Crippen MR) is 118 cm³/mol. The van der Waals surface area contributed by atoms with E-state index in [0.717, 1.165) is 40.9 Å². The fraction of sp³-hybridized carbons (Fsp3) is 0.304. The van der Waals surface area contributed by atoms with Crippen LogP contribution in [0.2, 0.25) is 5.02 Å². The van der Waals surface area contributed by atoms with Gasteiger partial charge >= 0.3 is 0 Å². The van der Waals surface area contributed by atoms with Gasteiger partial charge in [-0.15, -0.1) is 0 Å². The molecule has 3 aromatic rings. The van der Waals surface area contributed by atoms with E-state index in [2.05, 4.69) is 10.3 Å². The topological polar surface area (TPSA) is 65.2 Å². The molecule has 1 aliphatic rings. The van der Waals surface area contributed by atoms with Crippen LogP contribution < -0.4 is 10.7 Å². The van der Waals surface area contributed by atoms with Gasteiger partial charge in [0.2, 0.25) is 5.91 Å². The quantitative estimate of drug-likeness (QED) is 0.684. The third-order valence-electron chi connectivity index (χ3n) is 5.78. The van der Waals surface area contributed by atoms with Crippen LogP contribution in [0.4, 0.5) is 5.69 Å². The molecule has 0 fully saturated rings. The summed E-state index contributed by atoms with van der Waals surface area (Å²) in [5.74, 6) is -0.114. The van der Waals surface area contributed by atoms with Crippen LogP contribution >= 0.6 is 11.6 Å². The number of amides is 1. The van der Waals surface area contributed by atoms with Gasteiger partial charge in [0.25, 0.3) is 0 Å². The van der Waals surface area contributed by atoms with Crippen molar-refractivity contribution < 1.29 is 4.79 Å². The van der Waals surface area contributed by atoms with E-state index >= 15 is 0 Å². The van der Waals surface area contributed by atoms with Crippen LogP contribution in [0.15, 0.2) is 35.1 Å². The van der Waals surface area contributed by atoms with E-state index in [0.29, 0.717) is 22.6 Å². The average molecular weight is 410 g/mol. The molecule has 2 N–H and O–H groups in total. The monoisotopic (exact) mass is 409 g/mol. The molecular formula is C23H24ClN3O2. The second-order valence-corrected chi connectivity index (χ2v) is 8.22. The molecule has 0 bridgehead atoms. The van der Waals surface area contributed by atoms with Crippen molar-refractivity contribution in [3.8, 4) is 0 Å². The lowest BCUT2D eigenvalue weighted by molar-refractivity contribution is -0.117. The highest BCUT2D eigenvalue weighted by Crippen LogP contribution is 2.23. The van der Waals surface area contributed by atoms with Gasteiger partial charge in [-0.3, -0.25) is 14.5 Å². The van der Waals surface area contributed by atoms with Gasteiger partial charge in [0.05, 0.1) is 12.1 Å². The molecular weight excluding hydrogens is 386 g/mol. The van der Waals surface area contributed by atoms with Gasteiger partial charge in [0.1, 0.15) is 0 Å². The number of halogens is 1. The zero-order chi connectivity index (χ0) is 20.7. The number of benzene rings is 2. The fourth-order valence-corrected chi connectivity index (χ4v) is 4.04. The van der Waals surface area contributed by atoms with Crippen molar-refractivity contribution in [1.29, 1.82) is 0 Å². The second kappa shape index (κ2) is 7.65. The first kappa shape index (κ1) is 19.7. The molecule has 29 heavy (non-hydrogen) atoms. The van der Waals surface area contributed by atoms with Crippen molar-refractivity contribution in [1.82, 2.24) is 9.88 Å². The molecule has 0 spiro atoms. The Balaban J connectivity index is 1.53. The van der Waals surface area contributed by atoms with Crippen LogP contribution in [0, 0.1) is 20.8 Å². The minimum Gasteiger partial charge on any atom is -0.358 e. The molecule has 0 radical (unpaired) electrons. The molecule has 2 aromatic carbocycles. The van der Waals surface area contributed by atoms with Gasteiger partial charge in [-0.1, -0.05) is 23.7 Å². The van der Waals surface area contributed by atoms with E-state index in [4.69, 9.17) is 11.6 Å². The number of fused-ring (bicyclic) bond motifs is 2. The third-order valence-corrected chi connectivity index (χ3v) is 6.18. The van der Waals surface area contributed by atoms with Crippen LogP contribution in [0.25, 0.3) is 10.9 Å². The molecule has 0 saturated carbocycles. The van der Waals surface area contributed by atoms with Crippen molar-refractivity contribution >= 4 is 34.1 Å². The highest BCUT2D eigenvalue weighted by atomic mass is 35.5. The van der Waals surface area contributed by atoms with Crippen molar-refractivity contribution in [3.05, 3.63) is 73.5 Å². The summed E-state index contributed by atoms with van der Waals surface area (Å²) in [6.07, 6.45) is 0.720. The SMILES string of the molecule is Cc1ccc(NC(=O)CN2CCc3[nH]c4c(C)c(C)ccc4c(=O)c3C2)cc1Cl. The van der Waals surface area contributed by atoms with E-state index in [9.17, 15) is 9.59 Å². The van der Waals surface area contributed by atoms with Crippen molar-refractivity contribution in [2.45, 2.75) is 33.7 Å². The van der Waals surface area contributed by atoms with Crippen LogP contribution in [0.3, 0.4) is 0 Å². The number of aromatic amines is 1. The normalized spacial score (nSPS) is 14.1. The maximum Gasteiger partial charge on any atom is 0.238 e. The Morgan fingerprint density at radius 3 is 2.69 bits per heavy atom. The Hall–Kier alpha value is -2.63. The minimum absolute atomic E-state index is 0.0623. The molecule has 0 aliphatic carbocycles. The largest absolute Gasteiger partial charge is 0.358 e. The number of carbonyl (C=O) groups is 1. The lowest BCUT2D eigenvalue weighted by Gasteiger charge is -2.28. The van der Waals surface area contributed by atoms with E-state index in [1.165, 1.54) is 5.56 Å². The van der Waals surface area contributed by atoms with Crippen molar-refractivity contribution in [2.75, 3.05) is 18.4 Å². The van der Waals surface area contributed by atoms with E-state index in [1.807, 2.05) is 49.9 Å².